The predicted molar refractivity (Wildman–Crippen MR) is 74.6 cm³/mol. The van der Waals surface area contributed by atoms with Crippen molar-refractivity contribution in [1.82, 2.24) is 0 Å². The van der Waals surface area contributed by atoms with Crippen LogP contribution in [0.15, 0.2) is 0 Å². The molecule has 1 unspecified atom stereocenters. The molecule has 0 aliphatic carbocycles. The molecule has 0 aliphatic rings. The van der Waals surface area contributed by atoms with E-state index in [2.05, 4.69) is 0 Å². The average molecular weight is 277 g/mol. The van der Waals surface area contributed by atoms with Crippen LogP contribution in [0.2, 0.25) is 0 Å². The molecule has 0 aromatic carbocycles. The van der Waals surface area contributed by atoms with Gasteiger partial charge in [-0.05, 0) is 38.5 Å². The van der Waals surface area contributed by atoms with Crippen molar-refractivity contribution in [2.75, 3.05) is 13.2 Å². The van der Waals surface area contributed by atoms with E-state index in [0.717, 1.165) is 0 Å². The zero-order valence-corrected chi connectivity index (χ0v) is 12.4. The van der Waals surface area contributed by atoms with E-state index in [4.69, 9.17) is 16.3 Å². The van der Waals surface area contributed by atoms with Gasteiger partial charge < -0.3 is 9.47 Å². The van der Waals surface area contributed by atoms with Crippen molar-refractivity contribution in [3.8, 4) is 0 Å². The van der Waals surface area contributed by atoms with E-state index in [-0.39, 0.29) is 25.6 Å². The molecule has 0 saturated carbocycles. The summed E-state index contributed by atoms with van der Waals surface area (Å²) in [6.45, 7) is 4.74. The van der Waals surface area contributed by atoms with Gasteiger partial charge in [0.1, 0.15) is 0 Å². The lowest BCUT2D eigenvalue weighted by Gasteiger charge is -2.34. The maximum absolute atomic E-state index is 12.7. The molecule has 1 atom stereocenters. The molecule has 0 aliphatic heterocycles. The van der Waals surface area contributed by atoms with Crippen molar-refractivity contribution in [3.05, 3.63) is 0 Å². The van der Waals surface area contributed by atoms with Crippen LogP contribution in [0.3, 0.4) is 0 Å². The van der Waals surface area contributed by atoms with E-state index in [0.29, 0.717) is 0 Å². The van der Waals surface area contributed by atoms with E-state index >= 15 is 0 Å². The topological polar surface area (TPSA) is 52.6 Å². The van der Waals surface area contributed by atoms with Gasteiger partial charge in [-0.15, -0.1) is 0 Å². The van der Waals surface area contributed by atoms with Crippen LogP contribution in [-0.2, 0) is 19.1 Å². The van der Waals surface area contributed by atoms with Gasteiger partial charge >= 0.3 is 11.9 Å². The highest BCUT2D eigenvalue weighted by molar-refractivity contribution is 6.00. The zero-order valence-electron chi connectivity index (χ0n) is 17.4. The third-order valence-electron chi connectivity index (χ3n) is 2.96. The normalized spacial score (nSPS) is 18.5. The number of ether oxygens (including phenoxy) is 2. The van der Waals surface area contributed by atoms with Gasteiger partial charge in [-0.25, -0.2) is 0 Å². The molecule has 4 nitrogen and oxygen atoms in total. The maximum atomic E-state index is 12.7. The van der Waals surface area contributed by atoms with Crippen LogP contribution in [0.5, 0.6) is 0 Å². The smallest absolute Gasteiger partial charge is 0.323 e. The minimum atomic E-state index is -3.21. The first-order chi connectivity index (χ1) is 10.8. The average Bonchev–Trinajstić information content (AvgIpc) is 2.37. The van der Waals surface area contributed by atoms with E-state index in [1.54, 1.807) is 0 Å². The van der Waals surface area contributed by atoms with Gasteiger partial charge in [0, 0.05) is 6.85 Å². The third-order valence-corrected chi connectivity index (χ3v) is 2.96. The number of hydrogen-bond donors (Lipinski definition) is 0. The highest BCUT2D eigenvalue weighted by Gasteiger charge is 2.51. The summed E-state index contributed by atoms with van der Waals surface area (Å²) in [6.07, 6.45) is -2.89. The molecule has 19 heavy (non-hydrogen) atoms. The Balaban J connectivity index is 6.55. The number of carbonyl (C=O) groups is 2. The molecular weight excluding hydrogens is 244 g/mol. The van der Waals surface area contributed by atoms with Gasteiger partial charge in [0.25, 0.3) is 0 Å². The molecule has 0 fully saturated rings. The second-order valence-electron chi connectivity index (χ2n) is 4.90. The van der Waals surface area contributed by atoms with Gasteiger partial charge in [0.15, 0.2) is 5.41 Å². The molecule has 0 saturated heterocycles. The Morgan fingerprint density at radius 3 is 1.95 bits per heavy atom. The number of hydrogen-bond acceptors (Lipinski definition) is 4. The van der Waals surface area contributed by atoms with Crippen LogP contribution in [-0.4, -0.2) is 25.2 Å². The Bertz CT molecular complexity index is 428. The monoisotopic (exact) mass is 277 g/mol. The standard InChI is InChI=1S/C15H28O4/c1-7-15(13(16)18-8-2,14(17)19-9-3)12(6)10-11(4)5/h11-12H,7-10H2,1-6H3/i1D3,7D2. The molecule has 0 radical (unpaired) electrons. The summed E-state index contributed by atoms with van der Waals surface area (Å²) in [7, 11) is 0. The summed E-state index contributed by atoms with van der Waals surface area (Å²) in [5.41, 5.74) is -2.56. The van der Waals surface area contributed by atoms with Crippen LogP contribution in [0.4, 0.5) is 0 Å². The SMILES string of the molecule is [2H]C([2H])([2H])C([2H])([2H])C(C(=O)OCC)(C(=O)OCC)C(C)CC(C)C. The van der Waals surface area contributed by atoms with Crippen molar-refractivity contribution >= 4 is 11.9 Å². The van der Waals surface area contributed by atoms with Crippen molar-refractivity contribution < 1.29 is 25.9 Å². The van der Waals surface area contributed by atoms with Gasteiger partial charge in [0.2, 0.25) is 0 Å². The Labute approximate surface area is 123 Å². The Morgan fingerprint density at radius 2 is 1.63 bits per heavy atom. The molecule has 0 aromatic rings. The number of esters is 2. The lowest BCUT2D eigenvalue weighted by atomic mass is 9.71. The number of rotatable bonds is 8. The molecule has 4 heteroatoms. The second-order valence-corrected chi connectivity index (χ2v) is 4.90. The Morgan fingerprint density at radius 1 is 1.16 bits per heavy atom. The first-order valence-electron chi connectivity index (χ1n) is 9.15. The van der Waals surface area contributed by atoms with Gasteiger partial charge in [-0.1, -0.05) is 27.6 Å². The molecule has 0 aromatic heterocycles. The summed E-state index contributed by atoms with van der Waals surface area (Å²) in [5, 5.41) is 0. The summed E-state index contributed by atoms with van der Waals surface area (Å²) in [4.78, 5) is 25.4. The predicted octanol–water partition coefficient (Wildman–Crippen LogP) is 3.19. The first-order valence-corrected chi connectivity index (χ1v) is 6.65. The summed E-state index contributed by atoms with van der Waals surface area (Å²) in [6, 6.07) is 0. The fourth-order valence-electron chi connectivity index (χ4n) is 2.08. The van der Waals surface area contributed by atoms with Crippen molar-refractivity contribution in [2.24, 2.45) is 17.3 Å². The minimum Gasteiger partial charge on any atom is -0.465 e. The Kier molecular flexibility index (Phi) is 4.60. The van der Waals surface area contributed by atoms with Crippen molar-refractivity contribution in [2.45, 2.75) is 54.3 Å². The third kappa shape index (κ3) is 4.22. The highest BCUT2D eigenvalue weighted by Crippen LogP contribution is 2.38. The van der Waals surface area contributed by atoms with E-state index < -0.39 is 36.5 Å². The van der Waals surface area contributed by atoms with Gasteiger partial charge in [-0.2, -0.15) is 0 Å². The maximum Gasteiger partial charge on any atom is 0.323 e. The van der Waals surface area contributed by atoms with Crippen LogP contribution in [0, 0.1) is 17.3 Å². The fraction of sp³-hybridized carbons (Fsp3) is 0.867. The lowest BCUT2D eigenvalue weighted by Crippen LogP contribution is -2.47. The largest absolute Gasteiger partial charge is 0.465 e. The van der Waals surface area contributed by atoms with Gasteiger partial charge in [0.05, 0.1) is 13.2 Å². The van der Waals surface area contributed by atoms with Crippen molar-refractivity contribution in [1.29, 1.82) is 0 Å². The van der Waals surface area contributed by atoms with Crippen LogP contribution in [0.1, 0.15) is 61.1 Å². The Hall–Kier alpha value is -1.06. The molecule has 0 N–H and O–H groups in total. The molecule has 0 amide bonds. The first kappa shape index (κ1) is 10.7. The van der Waals surface area contributed by atoms with E-state index in [9.17, 15) is 9.59 Å². The molecule has 0 spiro atoms. The molecule has 0 heterocycles. The highest BCUT2D eigenvalue weighted by atomic mass is 16.6. The second kappa shape index (κ2) is 8.18. The quantitative estimate of drug-likeness (QED) is 0.505. The molecule has 0 rings (SSSR count). The summed E-state index contributed by atoms with van der Waals surface area (Å²) < 4.78 is 48.9. The summed E-state index contributed by atoms with van der Waals surface area (Å²) in [5.74, 6) is -3.31. The summed E-state index contributed by atoms with van der Waals surface area (Å²) >= 11 is 0. The van der Waals surface area contributed by atoms with E-state index in [1.165, 1.54) is 20.8 Å². The molecule has 0 bridgehead atoms. The molecular formula is C15H28O4. The molecule has 112 valence electrons. The fourth-order valence-corrected chi connectivity index (χ4v) is 2.08. The number of carbonyl (C=O) groups excluding carboxylic acids is 2. The van der Waals surface area contributed by atoms with Gasteiger partial charge in [-0.3, -0.25) is 9.59 Å². The van der Waals surface area contributed by atoms with Crippen LogP contribution >= 0.6 is 0 Å². The van der Waals surface area contributed by atoms with E-state index in [1.807, 2.05) is 13.8 Å². The van der Waals surface area contributed by atoms with Crippen LogP contribution < -0.4 is 0 Å². The van der Waals surface area contributed by atoms with Crippen LogP contribution in [0.25, 0.3) is 0 Å². The van der Waals surface area contributed by atoms with Crippen molar-refractivity contribution in [3.63, 3.8) is 0 Å². The lowest BCUT2D eigenvalue weighted by molar-refractivity contribution is -0.177. The minimum absolute atomic E-state index is 0.00984. The zero-order chi connectivity index (χ0) is 19.3.